The summed E-state index contributed by atoms with van der Waals surface area (Å²) in [6.45, 7) is 4.25. The van der Waals surface area contributed by atoms with Gasteiger partial charge in [-0.25, -0.2) is 0 Å². The SMILES string of the molecule is CCNC(Cc1ccncc1)c1c(Cl)cnn1CCOC. The maximum absolute atomic E-state index is 6.34. The molecule has 0 aliphatic rings. The van der Waals surface area contributed by atoms with Gasteiger partial charge in [-0.2, -0.15) is 5.10 Å². The number of likely N-dealkylation sites (N-methyl/N-ethyl adjacent to an activating group) is 1. The molecule has 2 rings (SSSR count). The molecule has 1 unspecified atom stereocenters. The molecule has 2 aromatic heterocycles. The molecule has 0 aromatic carbocycles. The van der Waals surface area contributed by atoms with Gasteiger partial charge in [-0.15, -0.1) is 0 Å². The van der Waals surface area contributed by atoms with Crippen molar-refractivity contribution in [3.63, 3.8) is 0 Å². The fourth-order valence-electron chi connectivity index (χ4n) is 2.34. The van der Waals surface area contributed by atoms with Crippen LogP contribution in [0.15, 0.2) is 30.7 Å². The van der Waals surface area contributed by atoms with Gasteiger partial charge in [0, 0.05) is 19.5 Å². The number of pyridine rings is 1. The van der Waals surface area contributed by atoms with E-state index in [1.165, 1.54) is 5.56 Å². The smallest absolute Gasteiger partial charge is 0.0834 e. The van der Waals surface area contributed by atoms with Crippen molar-refractivity contribution in [2.45, 2.75) is 25.9 Å². The first-order valence-electron chi connectivity index (χ1n) is 7.08. The van der Waals surface area contributed by atoms with E-state index in [-0.39, 0.29) is 6.04 Å². The highest BCUT2D eigenvalue weighted by atomic mass is 35.5. The number of rotatable bonds is 8. The molecule has 21 heavy (non-hydrogen) atoms. The first kappa shape index (κ1) is 15.9. The lowest BCUT2D eigenvalue weighted by molar-refractivity contribution is 0.181. The van der Waals surface area contributed by atoms with Crippen molar-refractivity contribution in [3.8, 4) is 0 Å². The first-order chi connectivity index (χ1) is 10.3. The molecule has 0 saturated carbocycles. The molecule has 2 heterocycles. The standard InChI is InChI=1S/C15H21ClN4O/c1-3-18-14(10-12-4-6-17-7-5-12)15-13(16)11-19-20(15)8-9-21-2/h4-7,11,14,18H,3,8-10H2,1-2H3. The molecule has 0 amide bonds. The second-order valence-electron chi connectivity index (χ2n) is 4.76. The van der Waals surface area contributed by atoms with Crippen LogP contribution in [0.5, 0.6) is 0 Å². The van der Waals surface area contributed by atoms with Gasteiger partial charge in [0.2, 0.25) is 0 Å². The van der Waals surface area contributed by atoms with E-state index in [1.807, 2.05) is 29.2 Å². The molecule has 1 atom stereocenters. The van der Waals surface area contributed by atoms with Crippen LogP contribution in [0.3, 0.4) is 0 Å². The Hall–Kier alpha value is -1.43. The minimum Gasteiger partial charge on any atom is -0.383 e. The Bertz CT molecular complexity index is 544. The fraction of sp³-hybridized carbons (Fsp3) is 0.467. The molecular weight excluding hydrogens is 288 g/mol. The molecule has 0 bridgehead atoms. The molecule has 1 N–H and O–H groups in total. The number of aromatic nitrogens is 3. The Morgan fingerprint density at radius 3 is 2.81 bits per heavy atom. The summed E-state index contributed by atoms with van der Waals surface area (Å²) >= 11 is 6.34. The van der Waals surface area contributed by atoms with Crippen LogP contribution in [0.2, 0.25) is 5.02 Å². The molecule has 114 valence electrons. The van der Waals surface area contributed by atoms with Crippen molar-refractivity contribution < 1.29 is 4.74 Å². The van der Waals surface area contributed by atoms with Gasteiger partial charge >= 0.3 is 0 Å². The molecule has 0 fully saturated rings. The lowest BCUT2D eigenvalue weighted by Crippen LogP contribution is -2.26. The third-order valence-corrected chi connectivity index (χ3v) is 3.60. The molecular formula is C15H21ClN4O. The van der Waals surface area contributed by atoms with E-state index < -0.39 is 0 Å². The van der Waals surface area contributed by atoms with Gasteiger partial charge in [0.25, 0.3) is 0 Å². The summed E-state index contributed by atoms with van der Waals surface area (Å²) in [5.41, 5.74) is 2.22. The minimum atomic E-state index is 0.115. The summed E-state index contributed by atoms with van der Waals surface area (Å²) in [5, 5.41) is 8.52. The van der Waals surface area contributed by atoms with Crippen molar-refractivity contribution in [1.29, 1.82) is 0 Å². The van der Waals surface area contributed by atoms with Crippen LogP contribution in [-0.2, 0) is 17.7 Å². The van der Waals surface area contributed by atoms with Crippen LogP contribution in [0.25, 0.3) is 0 Å². The van der Waals surface area contributed by atoms with Crippen LogP contribution >= 0.6 is 11.6 Å². The number of hydrogen-bond acceptors (Lipinski definition) is 4. The van der Waals surface area contributed by atoms with Crippen molar-refractivity contribution in [2.75, 3.05) is 20.3 Å². The molecule has 0 radical (unpaired) electrons. The summed E-state index contributed by atoms with van der Waals surface area (Å²) in [7, 11) is 1.68. The maximum atomic E-state index is 6.34. The van der Waals surface area contributed by atoms with E-state index in [4.69, 9.17) is 16.3 Å². The monoisotopic (exact) mass is 308 g/mol. The number of hydrogen-bond donors (Lipinski definition) is 1. The highest BCUT2D eigenvalue weighted by molar-refractivity contribution is 6.31. The number of nitrogens with zero attached hydrogens (tertiary/aromatic N) is 3. The van der Waals surface area contributed by atoms with Crippen molar-refractivity contribution in [2.24, 2.45) is 0 Å². The van der Waals surface area contributed by atoms with Crippen molar-refractivity contribution in [1.82, 2.24) is 20.1 Å². The van der Waals surface area contributed by atoms with Crippen LogP contribution in [0.1, 0.15) is 24.2 Å². The van der Waals surface area contributed by atoms with Gasteiger partial charge in [-0.05, 0) is 30.7 Å². The molecule has 2 aromatic rings. The predicted molar refractivity (Wildman–Crippen MR) is 83.5 cm³/mol. The summed E-state index contributed by atoms with van der Waals surface area (Å²) < 4.78 is 7.05. The largest absolute Gasteiger partial charge is 0.383 e. The third kappa shape index (κ3) is 4.27. The van der Waals surface area contributed by atoms with Gasteiger partial charge in [0.05, 0.1) is 36.1 Å². The highest BCUT2D eigenvalue weighted by Crippen LogP contribution is 2.25. The van der Waals surface area contributed by atoms with Crippen molar-refractivity contribution in [3.05, 3.63) is 47.0 Å². The maximum Gasteiger partial charge on any atom is 0.0834 e. The average molecular weight is 309 g/mol. The van der Waals surface area contributed by atoms with Gasteiger partial charge < -0.3 is 10.1 Å². The first-order valence-corrected chi connectivity index (χ1v) is 7.46. The minimum absolute atomic E-state index is 0.115. The number of ether oxygens (including phenoxy) is 1. The normalized spacial score (nSPS) is 12.5. The Morgan fingerprint density at radius 2 is 2.14 bits per heavy atom. The highest BCUT2D eigenvalue weighted by Gasteiger charge is 2.20. The molecule has 5 nitrogen and oxygen atoms in total. The van der Waals surface area contributed by atoms with Crippen LogP contribution in [0.4, 0.5) is 0 Å². The van der Waals surface area contributed by atoms with E-state index >= 15 is 0 Å². The lowest BCUT2D eigenvalue weighted by atomic mass is 10.0. The van der Waals surface area contributed by atoms with Gasteiger partial charge in [-0.1, -0.05) is 18.5 Å². The average Bonchev–Trinajstić information content (AvgIpc) is 2.86. The van der Waals surface area contributed by atoms with E-state index in [0.717, 1.165) is 18.7 Å². The zero-order chi connectivity index (χ0) is 15.1. The van der Waals surface area contributed by atoms with Crippen LogP contribution < -0.4 is 5.32 Å². The number of nitrogens with one attached hydrogen (secondary N) is 1. The van der Waals surface area contributed by atoms with Crippen LogP contribution in [-0.4, -0.2) is 35.0 Å². The summed E-state index contributed by atoms with van der Waals surface area (Å²) in [6.07, 6.45) is 6.16. The number of methoxy groups -OCH3 is 1. The van der Waals surface area contributed by atoms with Gasteiger partial charge in [0.1, 0.15) is 0 Å². The third-order valence-electron chi connectivity index (χ3n) is 3.31. The molecule has 0 saturated heterocycles. The molecule has 0 aliphatic carbocycles. The zero-order valence-electron chi connectivity index (χ0n) is 12.4. The topological polar surface area (TPSA) is 52.0 Å². The summed E-state index contributed by atoms with van der Waals surface area (Å²) in [5.74, 6) is 0. The Morgan fingerprint density at radius 1 is 1.38 bits per heavy atom. The lowest BCUT2D eigenvalue weighted by Gasteiger charge is -2.20. The van der Waals surface area contributed by atoms with E-state index in [9.17, 15) is 0 Å². The summed E-state index contributed by atoms with van der Waals surface area (Å²) in [6, 6.07) is 4.16. The summed E-state index contributed by atoms with van der Waals surface area (Å²) in [4.78, 5) is 4.06. The second-order valence-corrected chi connectivity index (χ2v) is 5.17. The quantitative estimate of drug-likeness (QED) is 0.814. The van der Waals surface area contributed by atoms with Crippen molar-refractivity contribution >= 4 is 11.6 Å². The Balaban J connectivity index is 2.23. The van der Waals surface area contributed by atoms with Gasteiger partial charge in [-0.3, -0.25) is 9.67 Å². The van der Waals surface area contributed by atoms with Crippen LogP contribution in [0, 0.1) is 0 Å². The van der Waals surface area contributed by atoms with Gasteiger partial charge in [0.15, 0.2) is 0 Å². The molecule has 0 aliphatic heterocycles. The second kappa shape index (κ2) is 8.12. The molecule has 0 spiro atoms. The van der Waals surface area contributed by atoms with E-state index in [1.54, 1.807) is 13.3 Å². The predicted octanol–water partition coefficient (Wildman–Crippen LogP) is 2.47. The zero-order valence-corrected chi connectivity index (χ0v) is 13.2. The fourth-order valence-corrected chi connectivity index (χ4v) is 2.61. The molecule has 6 heteroatoms. The van der Waals surface area contributed by atoms with E-state index in [2.05, 4.69) is 22.3 Å². The Labute approximate surface area is 130 Å². The number of halogens is 1. The Kier molecular flexibility index (Phi) is 6.17. The van der Waals surface area contributed by atoms with E-state index in [0.29, 0.717) is 18.2 Å².